The number of anilines is 1. The highest BCUT2D eigenvalue weighted by Gasteiger charge is 2.35. The fraction of sp³-hybridized carbons (Fsp3) is 0.355. The third-order valence-electron chi connectivity index (χ3n) is 6.61. The highest BCUT2D eigenvalue weighted by molar-refractivity contribution is 7.92. The molecule has 0 spiro atoms. The average Bonchev–Trinajstić information content (AvgIpc) is 2.89. The van der Waals surface area contributed by atoms with Gasteiger partial charge in [0.25, 0.3) is 10.0 Å². The molecule has 3 rings (SSSR count). The molecule has 0 radical (unpaired) electrons. The van der Waals surface area contributed by atoms with Crippen molar-refractivity contribution < 1.29 is 18.0 Å². The number of nitrogens with zero attached hydrogens (tertiary/aromatic N) is 2. The molecule has 7 nitrogen and oxygen atoms in total. The zero-order valence-electron chi connectivity index (χ0n) is 24.5. The molecular weight excluding hydrogens is 617 g/mol. The van der Waals surface area contributed by atoms with Crippen LogP contribution >= 0.6 is 34.8 Å². The van der Waals surface area contributed by atoms with E-state index < -0.39 is 34.1 Å². The van der Waals surface area contributed by atoms with Gasteiger partial charge in [0.1, 0.15) is 12.6 Å². The van der Waals surface area contributed by atoms with Crippen LogP contribution in [0, 0.1) is 13.8 Å². The molecule has 226 valence electrons. The Bertz CT molecular complexity index is 1530. The van der Waals surface area contributed by atoms with Crippen LogP contribution in [-0.4, -0.2) is 43.3 Å². The smallest absolute Gasteiger partial charge is 0.264 e. The summed E-state index contributed by atoms with van der Waals surface area (Å²) in [6, 6.07) is 15.2. The van der Waals surface area contributed by atoms with Gasteiger partial charge in [-0.15, -0.1) is 0 Å². The summed E-state index contributed by atoms with van der Waals surface area (Å²) < 4.78 is 29.0. The largest absolute Gasteiger partial charge is 0.350 e. The summed E-state index contributed by atoms with van der Waals surface area (Å²) in [7, 11) is -4.23. The SMILES string of the molecule is CC[C@@H](C(=O)NC(C)(C)C)N(Cc1c(Cl)cccc1Cl)C(=O)CN(c1ccc(C)c(Cl)c1)S(=O)(=O)c1ccc(C)cc1. The molecule has 0 aromatic heterocycles. The van der Waals surface area contributed by atoms with Crippen LogP contribution in [0.15, 0.2) is 65.6 Å². The van der Waals surface area contributed by atoms with Crippen molar-refractivity contribution in [3.63, 3.8) is 0 Å². The Hall–Kier alpha value is -2.78. The number of carbonyl (C=O) groups excluding carboxylic acids is 2. The van der Waals surface area contributed by atoms with Crippen LogP contribution < -0.4 is 9.62 Å². The lowest BCUT2D eigenvalue weighted by atomic mass is 10.1. The average molecular weight is 653 g/mol. The van der Waals surface area contributed by atoms with Gasteiger partial charge >= 0.3 is 0 Å². The second-order valence-corrected chi connectivity index (χ2v) is 14.2. The summed E-state index contributed by atoms with van der Waals surface area (Å²) in [4.78, 5) is 29.0. The number of halogens is 3. The maximum Gasteiger partial charge on any atom is 0.264 e. The van der Waals surface area contributed by atoms with Crippen molar-refractivity contribution >= 4 is 62.3 Å². The fourth-order valence-electron chi connectivity index (χ4n) is 4.33. The van der Waals surface area contributed by atoms with Gasteiger partial charge in [-0.1, -0.05) is 71.6 Å². The lowest BCUT2D eigenvalue weighted by Gasteiger charge is -2.35. The van der Waals surface area contributed by atoms with E-state index in [-0.39, 0.29) is 29.5 Å². The van der Waals surface area contributed by atoms with Gasteiger partial charge in [-0.2, -0.15) is 0 Å². The van der Waals surface area contributed by atoms with Crippen molar-refractivity contribution in [1.29, 1.82) is 0 Å². The molecule has 0 saturated carbocycles. The number of amides is 2. The van der Waals surface area contributed by atoms with Gasteiger partial charge in [0.2, 0.25) is 11.8 Å². The van der Waals surface area contributed by atoms with Crippen molar-refractivity contribution in [3.8, 4) is 0 Å². The minimum Gasteiger partial charge on any atom is -0.350 e. The summed E-state index contributed by atoms with van der Waals surface area (Å²) in [5.41, 5.74) is 1.72. The molecule has 3 aromatic rings. The minimum atomic E-state index is -4.23. The van der Waals surface area contributed by atoms with Gasteiger partial charge in [-0.3, -0.25) is 13.9 Å². The van der Waals surface area contributed by atoms with Crippen LogP contribution in [0.3, 0.4) is 0 Å². The lowest BCUT2D eigenvalue weighted by molar-refractivity contribution is -0.141. The molecule has 0 fully saturated rings. The lowest BCUT2D eigenvalue weighted by Crippen LogP contribution is -2.55. The minimum absolute atomic E-state index is 0.0100. The third-order valence-corrected chi connectivity index (χ3v) is 9.51. The standard InChI is InChI=1S/C31H36Cl3N3O4S/c1-7-28(30(39)35-31(4,5)6)36(18-24-25(32)9-8-10-26(24)33)29(38)19-37(22-14-13-21(3)27(34)17-22)42(40,41)23-15-11-20(2)12-16-23/h8-17,28H,7,18-19H2,1-6H3,(H,35,39)/t28-/m0/s1. The molecule has 0 heterocycles. The molecule has 0 bridgehead atoms. The van der Waals surface area contributed by atoms with Crippen LogP contribution in [0.25, 0.3) is 0 Å². The summed E-state index contributed by atoms with van der Waals surface area (Å²) in [5, 5.41) is 3.92. The Morgan fingerprint density at radius 2 is 1.50 bits per heavy atom. The van der Waals surface area contributed by atoms with E-state index in [1.807, 2.05) is 27.7 Å². The molecule has 3 aromatic carbocycles. The van der Waals surface area contributed by atoms with E-state index >= 15 is 0 Å². The van der Waals surface area contributed by atoms with Gasteiger partial charge < -0.3 is 10.2 Å². The van der Waals surface area contributed by atoms with Crippen molar-refractivity contribution in [1.82, 2.24) is 10.2 Å². The van der Waals surface area contributed by atoms with Gasteiger partial charge in [0, 0.05) is 32.7 Å². The van der Waals surface area contributed by atoms with Gasteiger partial charge in [0.05, 0.1) is 10.6 Å². The number of hydrogen-bond acceptors (Lipinski definition) is 4. The zero-order chi connectivity index (χ0) is 31.4. The van der Waals surface area contributed by atoms with Crippen LogP contribution in [-0.2, 0) is 26.2 Å². The van der Waals surface area contributed by atoms with Gasteiger partial charge in [-0.25, -0.2) is 8.42 Å². The first-order valence-electron chi connectivity index (χ1n) is 13.4. The van der Waals surface area contributed by atoms with E-state index in [2.05, 4.69) is 5.32 Å². The number of nitrogens with one attached hydrogen (secondary N) is 1. The van der Waals surface area contributed by atoms with Crippen LogP contribution in [0.5, 0.6) is 0 Å². The molecule has 0 saturated heterocycles. The van der Waals surface area contributed by atoms with E-state index in [1.165, 1.54) is 23.1 Å². The highest BCUT2D eigenvalue weighted by Crippen LogP contribution is 2.30. The predicted molar refractivity (Wildman–Crippen MR) is 171 cm³/mol. The quantitative estimate of drug-likeness (QED) is 0.251. The maximum absolute atomic E-state index is 14.2. The molecule has 42 heavy (non-hydrogen) atoms. The number of sulfonamides is 1. The molecule has 0 unspecified atom stereocenters. The molecular formula is C31H36Cl3N3O4S. The van der Waals surface area contributed by atoms with Crippen molar-refractivity contribution in [2.45, 2.75) is 71.0 Å². The second kappa shape index (κ2) is 13.7. The monoisotopic (exact) mass is 651 g/mol. The van der Waals surface area contributed by atoms with Crippen LogP contribution in [0.1, 0.15) is 50.8 Å². The van der Waals surface area contributed by atoms with Crippen molar-refractivity contribution in [3.05, 3.63) is 92.4 Å². The van der Waals surface area contributed by atoms with Crippen molar-refractivity contribution in [2.24, 2.45) is 0 Å². The number of carbonyl (C=O) groups is 2. The summed E-state index contributed by atoms with van der Waals surface area (Å²) in [6.45, 7) is 10.2. The number of aryl methyl sites for hydroxylation is 2. The number of benzene rings is 3. The van der Waals surface area contributed by atoms with Gasteiger partial charge in [0.15, 0.2) is 0 Å². The van der Waals surface area contributed by atoms with E-state index in [9.17, 15) is 18.0 Å². The Balaban J connectivity index is 2.14. The first-order chi connectivity index (χ1) is 19.5. The van der Waals surface area contributed by atoms with E-state index in [0.29, 0.717) is 20.6 Å². The molecule has 11 heteroatoms. The first-order valence-corrected chi connectivity index (χ1v) is 16.0. The van der Waals surface area contributed by atoms with E-state index in [1.54, 1.807) is 56.3 Å². The Morgan fingerprint density at radius 1 is 0.905 bits per heavy atom. The number of hydrogen-bond donors (Lipinski definition) is 1. The topological polar surface area (TPSA) is 86.8 Å². The molecule has 0 aliphatic carbocycles. The van der Waals surface area contributed by atoms with E-state index in [4.69, 9.17) is 34.8 Å². The summed E-state index contributed by atoms with van der Waals surface area (Å²) in [6.07, 6.45) is 0.261. The van der Waals surface area contributed by atoms with Crippen LogP contribution in [0.2, 0.25) is 15.1 Å². The summed E-state index contributed by atoms with van der Waals surface area (Å²) in [5.74, 6) is -0.998. The molecule has 0 aliphatic rings. The zero-order valence-corrected chi connectivity index (χ0v) is 27.6. The van der Waals surface area contributed by atoms with Gasteiger partial charge in [-0.05, 0) is 83.0 Å². The first kappa shape index (κ1) is 33.7. The Kier molecular flexibility index (Phi) is 11.0. The molecule has 2 amide bonds. The highest BCUT2D eigenvalue weighted by atomic mass is 35.5. The van der Waals surface area contributed by atoms with Crippen molar-refractivity contribution in [2.75, 3.05) is 10.8 Å². The molecule has 1 atom stereocenters. The summed E-state index contributed by atoms with van der Waals surface area (Å²) >= 11 is 19.3. The second-order valence-electron chi connectivity index (χ2n) is 11.1. The predicted octanol–water partition coefficient (Wildman–Crippen LogP) is 7.18. The fourth-order valence-corrected chi connectivity index (χ4v) is 6.43. The van der Waals surface area contributed by atoms with Crippen LogP contribution in [0.4, 0.5) is 5.69 Å². The Morgan fingerprint density at radius 3 is 2.02 bits per heavy atom. The third kappa shape index (κ3) is 8.19. The maximum atomic E-state index is 14.2. The molecule has 1 N–H and O–H groups in total. The Labute approximate surface area is 263 Å². The normalized spacial score (nSPS) is 12.5. The number of rotatable bonds is 10. The van der Waals surface area contributed by atoms with E-state index in [0.717, 1.165) is 15.4 Å². The molecule has 0 aliphatic heterocycles.